The molecule has 0 unspecified atom stereocenters. The number of rotatable bonds is 6. The number of nitrogens with two attached hydrogens (primary N) is 1. The first-order valence-corrected chi connectivity index (χ1v) is 7.79. The molecule has 9 heteroatoms. The van der Waals surface area contributed by atoms with E-state index in [1.807, 2.05) is 6.92 Å². The molecule has 1 aromatic rings. The molecule has 0 saturated carbocycles. The number of carboxylic acids is 1. The third-order valence-corrected chi connectivity index (χ3v) is 3.99. The number of piperidine rings is 1. The fraction of sp³-hybridized carbons (Fsp3) is 0.467. The number of aromatic nitrogens is 1. The van der Waals surface area contributed by atoms with E-state index in [2.05, 4.69) is 15.6 Å². The lowest BCUT2D eigenvalue weighted by Gasteiger charge is -2.32. The quantitative estimate of drug-likeness (QED) is 0.494. The molecule has 0 aliphatic carbocycles. The Morgan fingerprint density at radius 3 is 2.67 bits per heavy atom. The summed E-state index contributed by atoms with van der Waals surface area (Å²) in [6.07, 6.45) is 3.68. The lowest BCUT2D eigenvalue weighted by atomic mass is 10.0. The highest BCUT2D eigenvalue weighted by molar-refractivity contribution is 6.02. The molecule has 2 rings (SSSR count). The molecule has 9 nitrogen and oxygen atoms in total. The number of pyridine rings is 1. The number of hydrogen-bond acceptors (Lipinski definition) is 6. The zero-order chi connectivity index (χ0) is 17.7. The van der Waals surface area contributed by atoms with Crippen LogP contribution >= 0.6 is 0 Å². The molecule has 6 N–H and O–H groups in total. The average molecular weight is 334 g/mol. The first kappa shape index (κ1) is 17.5. The van der Waals surface area contributed by atoms with Gasteiger partial charge in [-0.25, -0.2) is 14.6 Å². The van der Waals surface area contributed by atoms with Gasteiger partial charge in [0.1, 0.15) is 11.4 Å². The lowest BCUT2D eigenvalue weighted by molar-refractivity contribution is 0.0697. The predicted octanol–water partition coefficient (Wildman–Crippen LogP) is 1.16. The van der Waals surface area contributed by atoms with E-state index < -0.39 is 12.0 Å². The molecule has 1 aromatic heterocycles. The van der Waals surface area contributed by atoms with Crippen LogP contribution in [0.1, 0.15) is 35.7 Å². The van der Waals surface area contributed by atoms with Crippen molar-refractivity contribution < 1.29 is 14.7 Å². The minimum absolute atomic E-state index is 0.00530. The van der Waals surface area contributed by atoms with Crippen molar-refractivity contribution in [3.05, 3.63) is 17.3 Å². The smallest absolute Gasteiger partial charge is 0.339 e. The zero-order valence-electron chi connectivity index (χ0n) is 13.5. The Kier molecular flexibility index (Phi) is 5.56. The van der Waals surface area contributed by atoms with Gasteiger partial charge in [-0.1, -0.05) is 0 Å². The number of carbonyl (C=O) groups excluding carboxylic acids is 1. The maximum atomic E-state index is 11.5. The van der Waals surface area contributed by atoms with Crippen molar-refractivity contribution in [2.75, 3.05) is 30.3 Å². The van der Waals surface area contributed by atoms with E-state index in [0.717, 1.165) is 6.21 Å². The van der Waals surface area contributed by atoms with E-state index in [-0.39, 0.29) is 11.6 Å². The topological polar surface area (TPSA) is 144 Å². The van der Waals surface area contributed by atoms with Gasteiger partial charge in [0.2, 0.25) is 0 Å². The summed E-state index contributed by atoms with van der Waals surface area (Å²) >= 11 is 0. The van der Waals surface area contributed by atoms with Gasteiger partial charge in [0, 0.05) is 38.1 Å². The average Bonchev–Trinajstić information content (AvgIpc) is 2.55. The van der Waals surface area contributed by atoms with Crippen LogP contribution in [0.2, 0.25) is 0 Å². The van der Waals surface area contributed by atoms with Crippen LogP contribution in [-0.4, -0.2) is 58.9 Å². The molecule has 0 bridgehead atoms. The number of amides is 2. The Hall–Kier alpha value is -2.84. The number of nitrogens with zero attached hydrogens (tertiary/aromatic N) is 2. The molecule has 1 saturated heterocycles. The van der Waals surface area contributed by atoms with Crippen LogP contribution in [-0.2, 0) is 0 Å². The standard InChI is InChI=1S/C15H22N6O3/c1-2-18-13-10(7-16)12(11(8-19-13)14(22)23)20-9-3-5-21(6-4-9)15(17)24/h7-9,16H,2-6H2,1H3,(H2,17,24)(H,22,23)(H2,18,19,20). The molecule has 0 atom stereocenters. The summed E-state index contributed by atoms with van der Waals surface area (Å²) in [6.45, 7) is 3.53. The second-order valence-electron chi connectivity index (χ2n) is 5.53. The Morgan fingerprint density at radius 1 is 1.50 bits per heavy atom. The summed E-state index contributed by atoms with van der Waals surface area (Å²) in [4.78, 5) is 28.3. The van der Waals surface area contributed by atoms with E-state index in [0.29, 0.717) is 49.5 Å². The fourth-order valence-electron chi connectivity index (χ4n) is 2.74. The molecule has 1 aliphatic rings. The third-order valence-electron chi connectivity index (χ3n) is 3.99. The molecule has 0 radical (unpaired) electrons. The lowest BCUT2D eigenvalue weighted by Crippen LogP contribution is -2.45. The largest absolute Gasteiger partial charge is 0.478 e. The van der Waals surface area contributed by atoms with Crippen molar-refractivity contribution in [2.24, 2.45) is 5.73 Å². The van der Waals surface area contributed by atoms with Gasteiger partial charge in [-0.2, -0.15) is 0 Å². The molecular formula is C15H22N6O3. The third kappa shape index (κ3) is 3.73. The molecule has 130 valence electrons. The van der Waals surface area contributed by atoms with E-state index in [1.54, 1.807) is 4.90 Å². The molecular weight excluding hydrogens is 312 g/mol. The maximum absolute atomic E-state index is 11.5. The fourth-order valence-corrected chi connectivity index (χ4v) is 2.74. The van der Waals surface area contributed by atoms with Crippen LogP contribution in [0, 0.1) is 5.41 Å². The van der Waals surface area contributed by atoms with Crippen LogP contribution in [0.15, 0.2) is 6.20 Å². The monoisotopic (exact) mass is 334 g/mol. The first-order chi connectivity index (χ1) is 11.5. The number of likely N-dealkylation sites (tertiary alicyclic amines) is 1. The van der Waals surface area contributed by atoms with Crippen LogP contribution in [0.3, 0.4) is 0 Å². The highest BCUT2D eigenvalue weighted by atomic mass is 16.4. The predicted molar refractivity (Wildman–Crippen MR) is 91.0 cm³/mol. The van der Waals surface area contributed by atoms with Gasteiger partial charge in [0.25, 0.3) is 0 Å². The van der Waals surface area contributed by atoms with E-state index in [9.17, 15) is 14.7 Å². The number of carboxylic acid groups (broad SMARTS) is 1. The Morgan fingerprint density at radius 2 is 2.17 bits per heavy atom. The number of nitrogens with one attached hydrogen (secondary N) is 3. The van der Waals surface area contributed by atoms with E-state index in [4.69, 9.17) is 11.1 Å². The maximum Gasteiger partial charge on any atom is 0.339 e. The second-order valence-corrected chi connectivity index (χ2v) is 5.53. The summed E-state index contributed by atoms with van der Waals surface area (Å²) in [5, 5.41) is 23.3. The molecule has 2 amide bonds. The minimum Gasteiger partial charge on any atom is -0.478 e. The summed E-state index contributed by atoms with van der Waals surface area (Å²) in [5.74, 6) is -0.639. The van der Waals surface area contributed by atoms with Gasteiger partial charge in [-0.05, 0) is 19.8 Å². The number of urea groups is 1. The number of anilines is 2. The zero-order valence-corrected chi connectivity index (χ0v) is 13.5. The summed E-state index contributed by atoms with van der Waals surface area (Å²) in [5.41, 5.74) is 6.08. The number of hydrogen-bond donors (Lipinski definition) is 5. The Bertz CT molecular complexity index is 640. The van der Waals surface area contributed by atoms with Crippen LogP contribution in [0.4, 0.5) is 16.3 Å². The van der Waals surface area contributed by atoms with Crippen molar-refractivity contribution in [1.29, 1.82) is 5.41 Å². The Labute approximate surface area is 139 Å². The summed E-state index contributed by atoms with van der Waals surface area (Å²) < 4.78 is 0. The number of aromatic carboxylic acids is 1. The molecule has 1 aliphatic heterocycles. The highest BCUT2D eigenvalue weighted by Gasteiger charge is 2.25. The van der Waals surface area contributed by atoms with Gasteiger partial charge >= 0.3 is 12.0 Å². The highest BCUT2D eigenvalue weighted by Crippen LogP contribution is 2.27. The van der Waals surface area contributed by atoms with Gasteiger partial charge in [0.05, 0.1) is 11.3 Å². The van der Waals surface area contributed by atoms with Gasteiger partial charge in [-0.3, -0.25) is 0 Å². The number of primary amides is 1. The van der Waals surface area contributed by atoms with Gasteiger partial charge in [-0.15, -0.1) is 0 Å². The summed E-state index contributed by atoms with van der Waals surface area (Å²) in [6, 6.07) is -0.451. The van der Waals surface area contributed by atoms with Gasteiger partial charge < -0.3 is 31.8 Å². The van der Waals surface area contributed by atoms with E-state index >= 15 is 0 Å². The van der Waals surface area contributed by atoms with Crippen molar-refractivity contribution in [3.8, 4) is 0 Å². The van der Waals surface area contributed by atoms with Crippen LogP contribution in [0.5, 0.6) is 0 Å². The van der Waals surface area contributed by atoms with Crippen LogP contribution in [0.25, 0.3) is 0 Å². The molecule has 24 heavy (non-hydrogen) atoms. The van der Waals surface area contributed by atoms with Crippen LogP contribution < -0.4 is 16.4 Å². The first-order valence-electron chi connectivity index (χ1n) is 7.79. The molecule has 0 spiro atoms. The van der Waals surface area contributed by atoms with Crippen molar-refractivity contribution in [2.45, 2.75) is 25.8 Å². The molecule has 1 fully saturated rings. The SMILES string of the molecule is CCNc1ncc(C(=O)O)c(NC2CCN(C(N)=O)CC2)c1C=N. The van der Waals surface area contributed by atoms with E-state index in [1.165, 1.54) is 6.20 Å². The van der Waals surface area contributed by atoms with Crippen molar-refractivity contribution in [1.82, 2.24) is 9.88 Å². The Balaban J connectivity index is 2.27. The minimum atomic E-state index is -1.11. The second kappa shape index (κ2) is 7.62. The summed E-state index contributed by atoms with van der Waals surface area (Å²) in [7, 11) is 0. The molecule has 0 aromatic carbocycles. The molecule has 2 heterocycles. The van der Waals surface area contributed by atoms with Crippen molar-refractivity contribution in [3.63, 3.8) is 0 Å². The normalized spacial score (nSPS) is 15.0. The van der Waals surface area contributed by atoms with Gasteiger partial charge in [0.15, 0.2) is 0 Å². The van der Waals surface area contributed by atoms with Crippen molar-refractivity contribution >= 4 is 29.7 Å². The number of carbonyl (C=O) groups is 2.